The van der Waals surface area contributed by atoms with Gasteiger partial charge in [-0.25, -0.2) is 0 Å². The zero-order valence-corrected chi connectivity index (χ0v) is 12.4. The molecule has 1 aliphatic carbocycles. The van der Waals surface area contributed by atoms with Gasteiger partial charge in [0.15, 0.2) is 11.5 Å². The third kappa shape index (κ3) is 1.70. The topological polar surface area (TPSA) is 49.9 Å². The highest BCUT2D eigenvalue weighted by Gasteiger charge is 2.46. The molecule has 20 heavy (non-hydrogen) atoms. The normalized spacial score (nSPS) is 31.8. The standard InChI is InChI=1S/C15H20N2O3/c1-8-13(18)10-5-9-6-16(2)7-11(17(9)3)12(10)14(19)15(8)20-4/h9,11H,5-7H2,1-4H3/t9-,11-/m0/s1. The quantitative estimate of drug-likeness (QED) is 0.648. The molecule has 0 aromatic carbocycles. The van der Waals surface area contributed by atoms with Gasteiger partial charge in [0, 0.05) is 35.9 Å². The van der Waals surface area contributed by atoms with Gasteiger partial charge in [0.25, 0.3) is 0 Å². The van der Waals surface area contributed by atoms with Crippen LogP contribution in [0.3, 0.4) is 0 Å². The first-order chi connectivity index (χ1) is 9.45. The molecule has 0 amide bonds. The van der Waals surface area contributed by atoms with Crippen LogP contribution in [0.5, 0.6) is 0 Å². The number of Topliss-reactive ketones (excluding diaryl/α,β-unsaturated/α-hetero) is 2. The Kier molecular flexibility index (Phi) is 3.06. The van der Waals surface area contributed by atoms with E-state index in [1.807, 2.05) is 7.05 Å². The number of nitrogens with zero attached hydrogens (tertiary/aromatic N) is 2. The summed E-state index contributed by atoms with van der Waals surface area (Å²) < 4.78 is 5.18. The summed E-state index contributed by atoms with van der Waals surface area (Å²) in [4.78, 5) is 29.6. The van der Waals surface area contributed by atoms with E-state index in [1.165, 1.54) is 7.11 Å². The summed E-state index contributed by atoms with van der Waals surface area (Å²) in [5, 5.41) is 0. The zero-order valence-electron chi connectivity index (χ0n) is 12.4. The van der Waals surface area contributed by atoms with Crippen molar-refractivity contribution in [2.75, 3.05) is 34.3 Å². The fourth-order valence-corrected chi connectivity index (χ4v) is 3.66. The van der Waals surface area contributed by atoms with Crippen molar-refractivity contribution in [1.82, 2.24) is 9.80 Å². The second-order valence-electron chi connectivity index (χ2n) is 5.97. The molecule has 0 N–H and O–H groups in total. The van der Waals surface area contributed by atoms with E-state index in [0.717, 1.165) is 18.7 Å². The largest absolute Gasteiger partial charge is 0.492 e. The molecule has 2 bridgehead atoms. The lowest BCUT2D eigenvalue weighted by Gasteiger charge is -2.49. The van der Waals surface area contributed by atoms with Crippen molar-refractivity contribution in [3.8, 4) is 0 Å². The van der Waals surface area contributed by atoms with Gasteiger partial charge in [0.05, 0.1) is 13.2 Å². The second-order valence-corrected chi connectivity index (χ2v) is 5.97. The second kappa shape index (κ2) is 4.53. The van der Waals surface area contributed by atoms with Crippen molar-refractivity contribution < 1.29 is 14.3 Å². The smallest absolute Gasteiger partial charge is 0.225 e. The number of likely N-dealkylation sites (N-methyl/N-ethyl adjacent to an activating group) is 2. The molecular formula is C15H20N2O3. The number of piperazine rings is 1. The summed E-state index contributed by atoms with van der Waals surface area (Å²) in [6, 6.07) is 0.309. The molecule has 108 valence electrons. The molecule has 2 aliphatic heterocycles. The Morgan fingerprint density at radius 2 is 1.85 bits per heavy atom. The molecule has 0 saturated carbocycles. The van der Waals surface area contributed by atoms with E-state index >= 15 is 0 Å². The molecule has 0 unspecified atom stereocenters. The molecule has 0 aromatic rings. The van der Waals surface area contributed by atoms with Gasteiger partial charge in [-0.3, -0.25) is 14.5 Å². The van der Waals surface area contributed by atoms with E-state index in [2.05, 4.69) is 16.8 Å². The van der Waals surface area contributed by atoms with Gasteiger partial charge in [-0.05, 0) is 27.4 Å². The predicted octanol–water partition coefficient (Wildman–Crippen LogP) is 0.373. The lowest BCUT2D eigenvalue weighted by Crippen LogP contribution is -2.61. The van der Waals surface area contributed by atoms with Crippen molar-refractivity contribution in [2.45, 2.75) is 25.4 Å². The maximum absolute atomic E-state index is 12.7. The van der Waals surface area contributed by atoms with Crippen LogP contribution in [0.4, 0.5) is 0 Å². The van der Waals surface area contributed by atoms with Crippen LogP contribution in [0.1, 0.15) is 13.3 Å². The SMILES string of the molecule is COC1=C(C)C(=O)C2=C(C1=O)[C@@H]1CN(C)C[C@H](C2)N1C. The summed E-state index contributed by atoms with van der Waals surface area (Å²) in [6.07, 6.45) is 0.658. The number of carbonyl (C=O) groups excluding carboxylic acids is 2. The Morgan fingerprint density at radius 1 is 1.15 bits per heavy atom. The average molecular weight is 276 g/mol. The van der Waals surface area contributed by atoms with Crippen LogP contribution >= 0.6 is 0 Å². The Bertz CT molecular complexity index is 561. The van der Waals surface area contributed by atoms with Crippen molar-refractivity contribution in [1.29, 1.82) is 0 Å². The number of carbonyl (C=O) groups is 2. The van der Waals surface area contributed by atoms with E-state index in [4.69, 9.17) is 4.74 Å². The fraction of sp³-hybridized carbons (Fsp3) is 0.600. The molecule has 2 heterocycles. The fourth-order valence-electron chi connectivity index (χ4n) is 3.66. The number of methoxy groups -OCH3 is 1. The summed E-state index contributed by atoms with van der Waals surface area (Å²) >= 11 is 0. The number of allylic oxidation sites excluding steroid dienone is 2. The first-order valence-corrected chi connectivity index (χ1v) is 6.93. The minimum atomic E-state index is -0.106. The molecular weight excluding hydrogens is 256 g/mol. The molecule has 1 fully saturated rings. The lowest BCUT2D eigenvalue weighted by molar-refractivity contribution is -0.120. The predicted molar refractivity (Wildman–Crippen MR) is 74.2 cm³/mol. The highest BCUT2D eigenvalue weighted by molar-refractivity contribution is 6.24. The highest BCUT2D eigenvalue weighted by atomic mass is 16.5. The number of ether oxygens (including phenoxy) is 1. The number of hydrogen-bond acceptors (Lipinski definition) is 5. The van der Waals surface area contributed by atoms with E-state index in [9.17, 15) is 9.59 Å². The minimum absolute atomic E-state index is 0.00259. The average Bonchev–Trinajstić information content (AvgIpc) is 2.38. The van der Waals surface area contributed by atoms with Crippen LogP contribution in [0.15, 0.2) is 22.5 Å². The van der Waals surface area contributed by atoms with Crippen molar-refractivity contribution in [3.05, 3.63) is 22.5 Å². The van der Waals surface area contributed by atoms with E-state index in [1.54, 1.807) is 6.92 Å². The van der Waals surface area contributed by atoms with Gasteiger partial charge >= 0.3 is 0 Å². The van der Waals surface area contributed by atoms with Gasteiger partial charge in [-0.15, -0.1) is 0 Å². The summed E-state index contributed by atoms with van der Waals surface area (Å²) in [5.74, 6) is 0.100. The number of rotatable bonds is 1. The monoisotopic (exact) mass is 276 g/mol. The molecule has 3 aliphatic rings. The third-order valence-electron chi connectivity index (χ3n) is 4.78. The Hall–Kier alpha value is -1.46. The summed E-state index contributed by atoms with van der Waals surface area (Å²) in [7, 11) is 5.56. The molecule has 0 spiro atoms. The number of hydrogen-bond donors (Lipinski definition) is 0. The van der Waals surface area contributed by atoms with Crippen molar-refractivity contribution >= 4 is 11.6 Å². The van der Waals surface area contributed by atoms with E-state index in [0.29, 0.717) is 23.6 Å². The molecule has 1 saturated heterocycles. The molecule has 2 atom stereocenters. The molecule has 5 heteroatoms. The maximum atomic E-state index is 12.7. The maximum Gasteiger partial charge on any atom is 0.225 e. The molecule has 0 radical (unpaired) electrons. The first kappa shape index (κ1) is 13.5. The van der Waals surface area contributed by atoms with Crippen LogP contribution in [0.25, 0.3) is 0 Å². The van der Waals surface area contributed by atoms with Crippen LogP contribution in [-0.2, 0) is 14.3 Å². The van der Waals surface area contributed by atoms with Gasteiger partial charge in [-0.2, -0.15) is 0 Å². The summed E-state index contributed by atoms with van der Waals surface area (Å²) in [5.41, 5.74) is 1.82. The Balaban J connectivity index is 2.11. The number of fused-ring (bicyclic) bond motifs is 3. The van der Waals surface area contributed by atoms with Gasteiger partial charge in [-0.1, -0.05) is 0 Å². The lowest BCUT2D eigenvalue weighted by atomic mass is 9.77. The van der Waals surface area contributed by atoms with Gasteiger partial charge in [0.1, 0.15) is 0 Å². The molecule has 0 aromatic heterocycles. The molecule has 3 rings (SSSR count). The van der Waals surface area contributed by atoms with Gasteiger partial charge < -0.3 is 9.64 Å². The van der Waals surface area contributed by atoms with Crippen molar-refractivity contribution in [2.24, 2.45) is 0 Å². The first-order valence-electron chi connectivity index (χ1n) is 6.93. The highest BCUT2D eigenvalue weighted by Crippen LogP contribution is 2.38. The van der Waals surface area contributed by atoms with Crippen LogP contribution in [0, 0.1) is 0 Å². The minimum Gasteiger partial charge on any atom is -0.492 e. The number of ketones is 2. The van der Waals surface area contributed by atoms with Crippen LogP contribution < -0.4 is 0 Å². The third-order valence-corrected chi connectivity index (χ3v) is 4.78. The molecule has 5 nitrogen and oxygen atoms in total. The Morgan fingerprint density at radius 3 is 2.50 bits per heavy atom. The van der Waals surface area contributed by atoms with E-state index < -0.39 is 0 Å². The van der Waals surface area contributed by atoms with E-state index in [-0.39, 0.29) is 23.4 Å². The van der Waals surface area contributed by atoms with Gasteiger partial charge in [0.2, 0.25) is 5.78 Å². The zero-order chi connectivity index (χ0) is 14.6. The van der Waals surface area contributed by atoms with Crippen molar-refractivity contribution in [3.63, 3.8) is 0 Å². The van der Waals surface area contributed by atoms with Crippen LogP contribution in [0.2, 0.25) is 0 Å². The summed E-state index contributed by atoms with van der Waals surface area (Å²) in [6.45, 7) is 3.40. The van der Waals surface area contributed by atoms with Crippen LogP contribution in [-0.4, -0.2) is 67.7 Å². The Labute approximate surface area is 118 Å².